The molecular formula is C13H17NOS. The highest BCUT2D eigenvalue weighted by molar-refractivity contribution is 7.99. The maximum Gasteiger partial charge on any atom is 0.236 e. The summed E-state index contributed by atoms with van der Waals surface area (Å²) in [6.45, 7) is 2.96. The zero-order valence-corrected chi connectivity index (χ0v) is 10.6. The third kappa shape index (κ3) is 2.09. The number of para-hydroxylation sites is 1. The lowest BCUT2D eigenvalue weighted by molar-refractivity contribution is -0.116. The van der Waals surface area contributed by atoms with E-state index in [4.69, 9.17) is 0 Å². The minimum Gasteiger partial charge on any atom is -0.311 e. The van der Waals surface area contributed by atoms with Gasteiger partial charge in [-0.1, -0.05) is 18.2 Å². The second kappa shape index (κ2) is 4.91. The van der Waals surface area contributed by atoms with Crippen molar-refractivity contribution in [3.05, 3.63) is 29.3 Å². The summed E-state index contributed by atoms with van der Waals surface area (Å²) in [6.07, 6.45) is 4.15. The van der Waals surface area contributed by atoms with Crippen LogP contribution in [-0.2, 0) is 11.2 Å². The average Bonchev–Trinajstić information content (AvgIpc) is 2.29. The molecule has 0 radical (unpaired) electrons. The number of thioether (sulfide) groups is 1. The second-order valence-electron chi connectivity index (χ2n) is 4.16. The fraction of sp³-hybridized carbons (Fsp3) is 0.462. The highest BCUT2D eigenvalue weighted by atomic mass is 32.2. The Bertz CT molecular complexity index is 403. The molecule has 0 fully saturated rings. The molecule has 0 aromatic heterocycles. The number of fused-ring (bicyclic) bond motifs is 1. The molecule has 16 heavy (non-hydrogen) atoms. The second-order valence-corrected chi connectivity index (χ2v) is 5.03. The van der Waals surface area contributed by atoms with Gasteiger partial charge in [0.05, 0.1) is 5.75 Å². The number of carbonyl (C=O) groups is 1. The topological polar surface area (TPSA) is 20.3 Å². The summed E-state index contributed by atoms with van der Waals surface area (Å²) in [5.41, 5.74) is 3.69. The van der Waals surface area contributed by atoms with Gasteiger partial charge in [-0.15, -0.1) is 0 Å². The van der Waals surface area contributed by atoms with Crippen molar-refractivity contribution in [2.75, 3.05) is 23.5 Å². The molecule has 0 N–H and O–H groups in total. The fourth-order valence-electron chi connectivity index (χ4n) is 2.30. The van der Waals surface area contributed by atoms with E-state index < -0.39 is 0 Å². The number of nitrogens with zero attached hydrogens (tertiary/aromatic N) is 1. The molecule has 0 aliphatic carbocycles. The van der Waals surface area contributed by atoms with Gasteiger partial charge in [-0.25, -0.2) is 0 Å². The van der Waals surface area contributed by atoms with Crippen LogP contribution in [0.1, 0.15) is 17.5 Å². The first-order valence-corrected chi connectivity index (χ1v) is 7.01. The largest absolute Gasteiger partial charge is 0.311 e. The summed E-state index contributed by atoms with van der Waals surface area (Å²) in [6, 6.07) is 6.31. The van der Waals surface area contributed by atoms with Gasteiger partial charge in [0.1, 0.15) is 0 Å². The first-order valence-electron chi connectivity index (χ1n) is 5.62. The molecule has 1 aromatic rings. The van der Waals surface area contributed by atoms with E-state index >= 15 is 0 Å². The molecule has 1 aliphatic rings. The Morgan fingerprint density at radius 3 is 3.06 bits per heavy atom. The van der Waals surface area contributed by atoms with Gasteiger partial charge in [-0.3, -0.25) is 4.79 Å². The summed E-state index contributed by atoms with van der Waals surface area (Å²) in [5.74, 6) is 0.816. The maximum atomic E-state index is 12.0. The van der Waals surface area contributed by atoms with Gasteiger partial charge in [-0.2, -0.15) is 11.8 Å². The van der Waals surface area contributed by atoms with Crippen molar-refractivity contribution in [3.8, 4) is 0 Å². The predicted molar refractivity (Wildman–Crippen MR) is 70.2 cm³/mol. The molecule has 1 aromatic carbocycles. The Kier molecular flexibility index (Phi) is 3.54. The molecule has 2 rings (SSSR count). The fourth-order valence-corrected chi connectivity index (χ4v) is 2.70. The molecule has 2 nitrogen and oxygen atoms in total. The number of anilines is 1. The zero-order valence-electron chi connectivity index (χ0n) is 9.82. The van der Waals surface area contributed by atoms with Crippen molar-refractivity contribution in [2.45, 2.75) is 19.8 Å². The highest BCUT2D eigenvalue weighted by Crippen LogP contribution is 2.30. The molecular weight excluding hydrogens is 218 g/mol. The van der Waals surface area contributed by atoms with E-state index in [0.717, 1.165) is 25.1 Å². The number of rotatable bonds is 2. The van der Waals surface area contributed by atoms with Crippen LogP contribution in [0.2, 0.25) is 0 Å². The first-order chi connectivity index (χ1) is 7.74. The SMILES string of the molecule is CSCC(=O)N1CCCc2cccc(C)c21. The van der Waals surface area contributed by atoms with Gasteiger partial charge in [0, 0.05) is 12.2 Å². The number of benzene rings is 1. The monoisotopic (exact) mass is 235 g/mol. The minimum atomic E-state index is 0.239. The summed E-state index contributed by atoms with van der Waals surface area (Å²) in [5, 5.41) is 0. The van der Waals surface area contributed by atoms with E-state index in [-0.39, 0.29) is 5.91 Å². The van der Waals surface area contributed by atoms with E-state index in [1.807, 2.05) is 11.2 Å². The smallest absolute Gasteiger partial charge is 0.236 e. The number of aryl methyl sites for hydroxylation is 2. The van der Waals surface area contributed by atoms with Gasteiger partial charge in [0.2, 0.25) is 5.91 Å². The first kappa shape index (κ1) is 11.5. The van der Waals surface area contributed by atoms with Crippen molar-refractivity contribution in [1.29, 1.82) is 0 Å². The summed E-state index contributed by atoms with van der Waals surface area (Å²) in [7, 11) is 0. The van der Waals surface area contributed by atoms with Crippen LogP contribution in [0.5, 0.6) is 0 Å². The highest BCUT2D eigenvalue weighted by Gasteiger charge is 2.23. The van der Waals surface area contributed by atoms with Gasteiger partial charge in [0.25, 0.3) is 0 Å². The van der Waals surface area contributed by atoms with Crippen molar-refractivity contribution in [3.63, 3.8) is 0 Å². The molecule has 3 heteroatoms. The van der Waals surface area contributed by atoms with Crippen LogP contribution < -0.4 is 4.90 Å². The molecule has 0 unspecified atom stereocenters. The normalized spacial score (nSPS) is 14.8. The third-order valence-corrected chi connectivity index (χ3v) is 3.52. The summed E-state index contributed by atoms with van der Waals surface area (Å²) >= 11 is 1.59. The molecule has 1 heterocycles. The molecule has 0 spiro atoms. The lowest BCUT2D eigenvalue weighted by Crippen LogP contribution is -2.37. The average molecular weight is 235 g/mol. The Labute approximate surface area is 101 Å². The Morgan fingerprint density at radius 2 is 2.31 bits per heavy atom. The standard InChI is InChI=1S/C13H17NOS/c1-10-5-3-6-11-7-4-8-14(13(10)11)12(15)9-16-2/h3,5-6H,4,7-9H2,1-2H3. The maximum absolute atomic E-state index is 12.0. The van der Waals surface area contributed by atoms with Crippen LogP contribution in [-0.4, -0.2) is 24.5 Å². The van der Waals surface area contributed by atoms with Crippen molar-refractivity contribution >= 4 is 23.4 Å². The molecule has 0 saturated heterocycles. The van der Waals surface area contributed by atoms with E-state index in [1.165, 1.54) is 11.1 Å². The Balaban J connectivity index is 2.35. The Hall–Kier alpha value is -0.960. The van der Waals surface area contributed by atoms with Crippen LogP contribution in [0.3, 0.4) is 0 Å². The zero-order chi connectivity index (χ0) is 11.5. The van der Waals surface area contributed by atoms with Gasteiger partial charge >= 0.3 is 0 Å². The molecule has 1 amide bonds. The van der Waals surface area contributed by atoms with E-state index in [2.05, 4.69) is 25.1 Å². The van der Waals surface area contributed by atoms with Gasteiger partial charge < -0.3 is 4.90 Å². The van der Waals surface area contributed by atoms with Crippen LogP contribution in [0.4, 0.5) is 5.69 Å². The van der Waals surface area contributed by atoms with Crippen molar-refractivity contribution in [1.82, 2.24) is 0 Å². The van der Waals surface area contributed by atoms with Gasteiger partial charge in [0.15, 0.2) is 0 Å². The van der Waals surface area contributed by atoms with E-state index in [0.29, 0.717) is 5.75 Å². The predicted octanol–water partition coefficient (Wildman–Crippen LogP) is 2.64. The number of amides is 1. The molecule has 1 aliphatic heterocycles. The quantitative estimate of drug-likeness (QED) is 0.785. The van der Waals surface area contributed by atoms with E-state index in [9.17, 15) is 4.79 Å². The molecule has 86 valence electrons. The van der Waals surface area contributed by atoms with Gasteiger partial charge in [-0.05, 0) is 37.1 Å². The number of hydrogen-bond donors (Lipinski definition) is 0. The minimum absolute atomic E-state index is 0.239. The number of carbonyl (C=O) groups excluding carboxylic acids is 1. The van der Waals surface area contributed by atoms with E-state index in [1.54, 1.807) is 11.8 Å². The summed E-state index contributed by atoms with van der Waals surface area (Å²) in [4.78, 5) is 14.0. The molecule has 0 bridgehead atoms. The van der Waals surface area contributed by atoms with Crippen molar-refractivity contribution < 1.29 is 4.79 Å². The van der Waals surface area contributed by atoms with Crippen LogP contribution in [0.15, 0.2) is 18.2 Å². The lowest BCUT2D eigenvalue weighted by Gasteiger charge is -2.31. The Morgan fingerprint density at radius 1 is 1.50 bits per heavy atom. The number of hydrogen-bond acceptors (Lipinski definition) is 2. The third-order valence-electron chi connectivity index (χ3n) is 2.99. The molecule has 0 saturated carbocycles. The van der Waals surface area contributed by atoms with Crippen LogP contribution >= 0.6 is 11.8 Å². The van der Waals surface area contributed by atoms with Crippen molar-refractivity contribution in [2.24, 2.45) is 0 Å². The van der Waals surface area contributed by atoms with Crippen LogP contribution in [0, 0.1) is 6.92 Å². The lowest BCUT2D eigenvalue weighted by atomic mass is 9.98. The van der Waals surface area contributed by atoms with Crippen LogP contribution in [0.25, 0.3) is 0 Å². The summed E-state index contributed by atoms with van der Waals surface area (Å²) < 4.78 is 0. The molecule has 0 atom stereocenters.